The van der Waals surface area contributed by atoms with Gasteiger partial charge in [0.2, 0.25) is 17.7 Å². The molecule has 0 radical (unpaired) electrons. The molecule has 278 valence electrons. The Morgan fingerprint density at radius 1 is 0.929 bits per heavy atom. The summed E-state index contributed by atoms with van der Waals surface area (Å²) >= 11 is 0. The zero-order valence-corrected chi connectivity index (χ0v) is 31.7. The Morgan fingerprint density at radius 2 is 1.73 bits per heavy atom. The molecule has 56 heavy (non-hydrogen) atoms. The summed E-state index contributed by atoms with van der Waals surface area (Å²) in [6.07, 6.45) is 3.47. The third-order valence-corrected chi connectivity index (χ3v) is 12.6. The molecule has 10 heteroatoms. The fraction of sp³-hybridized carbons (Fsp3) is 0.261. The molecule has 7 heterocycles. The Morgan fingerprint density at radius 3 is 2.55 bits per heavy atom. The molecule has 0 aliphatic carbocycles. The van der Waals surface area contributed by atoms with E-state index >= 15 is 0 Å². The van der Waals surface area contributed by atoms with Crippen molar-refractivity contribution in [1.82, 2.24) is 20.3 Å². The number of Topliss-reactive ketones (excluding diaryl/α,β-unsaturated/α-hetero) is 1. The van der Waals surface area contributed by atoms with Crippen LogP contribution >= 0.6 is 0 Å². The van der Waals surface area contributed by atoms with Crippen molar-refractivity contribution in [1.29, 1.82) is 0 Å². The van der Waals surface area contributed by atoms with Gasteiger partial charge in [0.1, 0.15) is 17.2 Å². The van der Waals surface area contributed by atoms with Crippen LogP contribution in [0.5, 0.6) is 5.75 Å². The number of carbonyl (C=O) groups excluding carboxylic acids is 2. The smallest absolute Gasteiger partial charge is 0.249 e. The Kier molecular flexibility index (Phi) is 6.80. The summed E-state index contributed by atoms with van der Waals surface area (Å²) in [4.78, 5) is 42.0. The van der Waals surface area contributed by atoms with E-state index in [-0.39, 0.29) is 24.0 Å². The molecule has 10 nitrogen and oxygen atoms in total. The maximum atomic E-state index is 14.5. The minimum atomic E-state index is -1.02. The van der Waals surface area contributed by atoms with Gasteiger partial charge in [-0.05, 0) is 85.2 Å². The van der Waals surface area contributed by atoms with Crippen molar-refractivity contribution in [2.45, 2.75) is 65.1 Å². The number of hydrogen-bond donors (Lipinski definition) is 3. The van der Waals surface area contributed by atoms with Gasteiger partial charge in [-0.3, -0.25) is 9.59 Å². The molecule has 11 rings (SSSR count). The average Bonchev–Trinajstić information content (AvgIpc) is 4.01. The third-order valence-electron chi connectivity index (χ3n) is 12.6. The van der Waals surface area contributed by atoms with Crippen LogP contribution in [0.3, 0.4) is 0 Å². The van der Waals surface area contributed by atoms with Gasteiger partial charge in [-0.15, -0.1) is 0 Å². The molecule has 0 saturated carbocycles. The van der Waals surface area contributed by atoms with Crippen molar-refractivity contribution in [3.05, 3.63) is 130 Å². The first-order valence-electron chi connectivity index (χ1n) is 19.3. The summed E-state index contributed by atoms with van der Waals surface area (Å²) in [6, 6.07) is 21.9. The van der Waals surface area contributed by atoms with Crippen LogP contribution in [0, 0.1) is 32.6 Å². The predicted octanol–water partition coefficient (Wildman–Crippen LogP) is 9.12. The van der Waals surface area contributed by atoms with E-state index in [0.717, 1.165) is 66.7 Å². The number of amides is 1. The number of ketones is 1. The lowest BCUT2D eigenvalue weighted by atomic mass is 9.72. The van der Waals surface area contributed by atoms with Crippen LogP contribution in [0.4, 0.5) is 5.69 Å². The number of ether oxygens (including phenoxy) is 1. The van der Waals surface area contributed by atoms with Gasteiger partial charge in [0, 0.05) is 62.9 Å². The van der Waals surface area contributed by atoms with Gasteiger partial charge in [0.15, 0.2) is 29.2 Å². The lowest BCUT2D eigenvalue weighted by Crippen LogP contribution is -2.40. The molecule has 2 unspecified atom stereocenters. The van der Waals surface area contributed by atoms with Gasteiger partial charge in [0.25, 0.3) is 0 Å². The van der Waals surface area contributed by atoms with Gasteiger partial charge in [-0.1, -0.05) is 56.3 Å². The maximum absolute atomic E-state index is 14.5. The maximum Gasteiger partial charge on any atom is 0.249 e. The highest BCUT2D eigenvalue weighted by atomic mass is 16.5. The summed E-state index contributed by atoms with van der Waals surface area (Å²) in [5.41, 5.74) is 10.9. The van der Waals surface area contributed by atoms with Gasteiger partial charge >= 0.3 is 0 Å². The largest absolute Gasteiger partial charge is 0.469 e. The summed E-state index contributed by atoms with van der Waals surface area (Å²) in [7, 11) is 0. The molecule has 0 saturated heterocycles. The van der Waals surface area contributed by atoms with E-state index < -0.39 is 23.6 Å². The van der Waals surface area contributed by atoms with E-state index in [4.69, 9.17) is 23.5 Å². The number of nitrogens with one attached hydrogen (secondary N) is 3. The summed E-state index contributed by atoms with van der Waals surface area (Å²) < 4.78 is 20.6. The number of oxazole rings is 2. The fourth-order valence-corrected chi connectivity index (χ4v) is 9.51. The van der Waals surface area contributed by atoms with E-state index in [1.165, 1.54) is 0 Å². The molecule has 7 aromatic rings. The number of aromatic nitrogens is 3. The highest BCUT2D eigenvalue weighted by Gasteiger charge is 2.61. The number of fused-ring (bicyclic) bond motifs is 7. The lowest BCUT2D eigenvalue weighted by Gasteiger charge is -2.28. The highest BCUT2D eigenvalue weighted by Crippen LogP contribution is 2.61. The highest BCUT2D eigenvalue weighted by molar-refractivity contribution is 6.07. The van der Waals surface area contributed by atoms with Crippen molar-refractivity contribution in [3.63, 3.8) is 0 Å². The number of rotatable bonds is 4. The van der Waals surface area contributed by atoms with E-state index in [1.807, 2.05) is 58.2 Å². The topological polar surface area (TPSA) is 135 Å². The van der Waals surface area contributed by atoms with Gasteiger partial charge in [-0.25, -0.2) is 9.97 Å². The van der Waals surface area contributed by atoms with E-state index in [1.54, 1.807) is 6.20 Å². The zero-order chi connectivity index (χ0) is 38.2. The molecule has 3 aromatic heterocycles. The van der Waals surface area contributed by atoms with E-state index in [0.29, 0.717) is 46.7 Å². The van der Waals surface area contributed by atoms with Crippen LogP contribution < -0.4 is 15.4 Å². The summed E-state index contributed by atoms with van der Waals surface area (Å²) in [5.74, 6) is 1.36. The van der Waals surface area contributed by atoms with E-state index in [2.05, 4.69) is 65.0 Å². The Balaban J connectivity index is 1.16. The number of aromatic amines is 1. The van der Waals surface area contributed by atoms with Crippen LogP contribution in [0.1, 0.15) is 81.7 Å². The standard InChI is InChI=1S/C46H39N5O5/c1-21(2)38-44-50-40-41(56-44)46-31-10-6-9-29(28-8-7-11-33-37(28)30(19-47-33)36-20-48-43(40)54-36)39(31)51-45(46)55-35-13-12-25(17-32(35)46)16-27(42(53)49-38)18-34(52)26-14-22(3)24(5)23(4)15-26/h6-15,17,19-21,27,38,45,47,51H,16,18H2,1-5H3,(H,49,53)/t27?,38-,45-,46?/m0/s1. The molecule has 4 aliphatic rings. The third kappa shape index (κ3) is 4.43. The first-order chi connectivity index (χ1) is 27.1. The van der Waals surface area contributed by atoms with Gasteiger partial charge in [-0.2, -0.15) is 0 Å². The molecule has 4 atom stereocenters. The average molecular weight is 742 g/mol. The molecular formula is C46H39N5O5. The van der Waals surface area contributed by atoms with Crippen LogP contribution in [0.2, 0.25) is 0 Å². The molecule has 0 fully saturated rings. The van der Waals surface area contributed by atoms with Crippen LogP contribution in [-0.4, -0.2) is 32.9 Å². The van der Waals surface area contributed by atoms with Crippen molar-refractivity contribution >= 4 is 28.3 Å². The number of nitrogens with zero attached hydrogens (tertiary/aromatic N) is 2. The Hall–Kier alpha value is -6.42. The number of para-hydroxylation sites is 1. The van der Waals surface area contributed by atoms with Crippen LogP contribution in [0.25, 0.3) is 44.9 Å². The molecule has 4 aliphatic heterocycles. The predicted molar refractivity (Wildman–Crippen MR) is 212 cm³/mol. The zero-order valence-electron chi connectivity index (χ0n) is 31.7. The van der Waals surface area contributed by atoms with Crippen LogP contribution in [0.15, 0.2) is 88.0 Å². The number of carbonyl (C=O) groups is 2. The van der Waals surface area contributed by atoms with Crippen molar-refractivity contribution in [2.24, 2.45) is 11.8 Å². The Bertz CT molecular complexity index is 2820. The second kappa shape index (κ2) is 11.6. The second-order valence-corrected chi connectivity index (χ2v) is 16.2. The minimum Gasteiger partial charge on any atom is -0.469 e. The van der Waals surface area contributed by atoms with Crippen LogP contribution in [-0.2, 0) is 16.6 Å². The normalized spacial score (nSPS) is 21.2. The van der Waals surface area contributed by atoms with Gasteiger partial charge in [0.05, 0.1) is 6.20 Å². The van der Waals surface area contributed by atoms with Crippen molar-refractivity contribution in [2.75, 3.05) is 5.32 Å². The molecule has 1 spiro atoms. The first kappa shape index (κ1) is 33.0. The fourth-order valence-electron chi connectivity index (χ4n) is 9.51. The Labute approximate surface area is 322 Å². The molecule has 3 N–H and O–H groups in total. The monoisotopic (exact) mass is 741 g/mol. The van der Waals surface area contributed by atoms with Gasteiger partial charge < -0.3 is 29.2 Å². The van der Waals surface area contributed by atoms with Crippen molar-refractivity contribution < 1.29 is 23.2 Å². The van der Waals surface area contributed by atoms with E-state index in [9.17, 15) is 9.59 Å². The summed E-state index contributed by atoms with van der Waals surface area (Å²) in [5, 5.41) is 8.12. The van der Waals surface area contributed by atoms with Crippen molar-refractivity contribution in [3.8, 4) is 39.8 Å². The number of H-pyrrole nitrogens is 1. The minimum absolute atomic E-state index is 0.0426. The molecule has 4 aromatic carbocycles. The first-order valence-corrected chi connectivity index (χ1v) is 19.3. The summed E-state index contributed by atoms with van der Waals surface area (Å²) in [6.45, 7) is 10.1. The number of aryl methyl sites for hydroxylation is 2. The quantitative estimate of drug-likeness (QED) is 0.152. The number of hydrogen-bond acceptors (Lipinski definition) is 8. The number of benzene rings is 4. The number of anilines is 1. The molecule has 10 bridgehead atoms. The molecule has 1 amide bonds. The second-order valence-electron chi connectivity index (χ2n) is 16.2. The SMILES string of the molecule is Cc1cc(C(=O)CC2Cc3ccc4c(c3)C35c6cccc(c6N[C@H]3O4)-c3cccc4[nH]cc(c34)-c3cnc(o3)-c3nc(oc35)[C@H](C(C)C)NC2=O)cc(C)c1C. The lowest BCUT2D eigenvalue weighted by molar-refractivity contribution is -0.126. The molecular weight excluding hydrogens is 703 g/mol.